The number of nitrogens with two attached hydrogens (primary N) is 1. The Balaban J connectivity index is 1.67. The van der Waals surface area contributed by atoms with Gasteiger partial charge in [0.15, 0.2) is 6.29 Å². The van der Waals surface area contributed by atoms with E-state index in [4.69, 9.17) is 24.7 Å². The summed E-state index contributed by atoms with van der Waals surface area (Å²) in [4.78, 5) is 13.5. The molecule has 11 nitrogen and oxygen atoms in total. The number of alkyl carbamates (subject to hydrolysis) is 1. The van der Waals surface area contributed by atoms with Crippen LogP contribution in [0.15, 0.2) is 59.5 Å². The molecular weight excluding hydrogens is 574 g/mol. The van der Waals surface area contributed by atoms with Crippen LogP contribution in [0.2, 0.25) is 0 Å². The van der Waals surface area contributed by atoms with Crippen LogP contribution in [0.3, 0.4) is 0 Å². The third-order valence-corrected chi connectivity index (χ3v) is 9.83. The normalized spacial score (nSPS) is 22.4. The van der Waals surface area contributed by atoms with E-state index in [9.17, 15) is 18.3 Å². The Morgan fingerprint density at radius 1 is 1.12 bits per heavy atom. The molecule has 2 aliphatic rings. The number of fused-ring (bicyclic) bond motifs is 1. The van der Waals surface area contributed by atoms with Crippen LogP contribution in [-0.4, -0.2) is 70.6 Å². The van der Waals surface area contributed by atoms with Gasteiger partial charge in [0.1, 0.15) is 17.5 Å². The van der Waals surface area contributed by atoms with Crippen LogP contribution >= 0.6 is 0 Å². The van der Waals surface area contributed by atoms with Crippen molar-refractivity contribution in [2.24, 2.45) is 17.1 Å². The fraction of sp³-hybridized carbons (Fsp3) is 0.581. The van der Waals surface area contributed by atoms with Crippen LogP contribution in [0.1, 0.15) is 51.5 Å². The van der Waals surface area contributed by atoms with Crippen molar-refractivity contribution < 1.29 is 37.3 Å². The van der Waals surface area contributed by atoms with Crippen LogP contribution in [0.25, 0.3) is 0 Å². The lowest BCUT2D eigenvalue weighted by molar-refractivity contribution is -0.0907. The molecule has 0 aliphatic carbocycles. The minimum Gasteiger partial charge on any atom is -0.497 e. The fourth-order valence-corrected chi connectivity index (χ4v) is 7.07. The highest BCUT2D eigenvalue weighted by atomic mass is 32.2. The molecule has 1 amide bonds. The molecule has 0 saturated carbocycles. The first-order valence-electron chi connectivity index (χ1n) is 14.8. The second kappa shape index (κ2) is 14.4. The number of aliphatic hydroxyl groups excluding tert-OH is 1. The number of methoxy groups -OCH3 is 1. The largest absolute Gasteiger partial charge is 0.497 e. The molecule has 0 spiro atoms. The van der Waals surface area contributed by atoms with Gasteiger partial charge in [-0.1, -0.05) is 44.2 Å². The summed E-state index contributed by atoms with van der Waals surface area (Å²) in [5, 5.41) is 14.6. The average Bonchev–Trinajstić information content (AvgIpc) is 3.60. The molecular formula is C31H45N3O8S. The van der Waals surface area contributed by atoms with Crippen molar-refractivity contribution in [1.29, 1.82) is 0 Å². The molecule has 0 aromatic heterocycles. The third kappa shape index (κ3) is 8.68. The number of hydrogen-bond acceptors (Lipinski definition) is 9. The van der Waals surface area contributed by atoms with E-state index in [-0.39, 0.29) is 35.7 Å². The molecule has 2 aromatic rings. The molecule has 5 atom stereocenters. The van der Waals surface area contributed by atoms with Crippen molar-refractivity contribution in [3.05, 3.63) is 60.2 Å². The van der Waals surface area contributed by atoms with Crippen LogP contribution in [0.4, 0.5) is 4.79 Å². The maximum Gasteiger partial charge on any atom is 0.409 e. The summed E-state index contributed by atoms with van der Waals surface area (Å²) < 4.78 is 52.5. The number of sulfonamides is 1. The second-order valence-electron chi connectivity index (χ2n) is 12.1. The molecule has 0 bridgehead atoms. The lowest BCUT2D eigenvalue weighted by Gasteiger charge is -2.40. The van der Waals surface area contributed by atoms with E-state index in [1.807, 2.05) is 30.3 Å². The Morgan fingerprint density at radius 3 is 2.51 bits per heavy atom. The van der Waals surface area contributed by atoms with Crippen molar-refractivity contribution in [3.8, 4) is 5.75 Å². The van der Waals surface area contributed by atoms with Crippen molar-refractivity contribution in [2.75, 3.05) is 26.9 Å². The van der Waals surface area contributed by atoms with Gasteiger partial charge in [0.2, 0.25) is 10.0 Å². The highest BCUT2D eigenvalue weighted by Gasteiger charge is 2.47. The van der Waals surface area contributed by atoms with Gasteiger partial charge in [-0.3, -0.25) is 5.32 Å². The van der Waals surface area contributed by atoms with Gasteiger partial charge < -0.3 is 29.8 Å². The van der Waals surface area contributed by atoms with Crippen molar-refractivity contribution >= 4 is 16.1 Å². The number of carbonyl (C=O) groups excluding carboxylic acids is 1. The van der Waals surface area contributed by atoms with E-state index in [1.54, 1.807) is 0 Å². The quantitative estimate of drug-likeness (QED) is 0.220. The molecule has 2 saturated heterocycles. The first-order valence-corrected chi connectivity index (χ1v) is 16.3. The summed E-state index contributed by atoms with van der Waals surface area (Å²) in [5.74, 6) is 0.377. The maximum atomic E-state index is 13.9. The Morgan fingerprint density at radius 2 is 1.84 bits per heavy atom. The molecule has 2 aliphatic heterocycles. The molecule has 5 N–H and O–H groups in total. The highest BCUT2D eigenvalue weighted by molar-refractivity contribution is 7.89. The summed E-state index contributed by atoms with van der Waals surface area (Å²) >= 11 is 0. The lowest BCUT2D eigenvalue weighted by atomic mass is 9.80. The van der Waals surface area contributed by atoms with Gasteiger partial charge in [-0.05, 0) is 73.9 Å². The SMILES string of the molecule is COc1ccc(S(=O)(=O)N[C@](Cc2ccccc2)(NC(=O)O[C@H]2CO[C@H]3OCC[C@H]32)[C@H](O)CCC(C)(C)CCCN)cc1. The minimum absolute atomic E-state index is 0.0426. The maximum absolute atomic E-state index is 13.9. The smallest absolute Gasteiger partial charge is 0.409 e. The average molecular weight is 620 g/mol. The Labute approximate surface area is 254 Å². The second-order valence-corrected chi connectivity index (χ2v) is 13.8. The Bertz CT molecular complexity index is 1290. The van der Waals surface area contributed by atoms with Crippen LogP contribution in [0, 0.1) is 11.3 Å². The van der Waals surface area contributed by atoms with Gasteiger partial charge in [-0.2, -0.15) is 4.72 Å². The van der Waals surface area contributed by atoms with Gasteiger partial charge in [-0.25, -0.2) is 13.2 Å². The standard InChI is InChI=1S/C31H45N3O8S/c1-30(2,16-7-18-32)17-14-27(35)31(20-22-8-5-4-6-9-22,34-43(37,38)24-12-10-23(39-3)11-13-24)33-29(36)42-26-21-41-28-25(26)15-19-40-28/h4-6,8-13,25-28,34-35H,7,14-21,32H2,1-3H3,(H,33,36)/t25-,26-,27+,28+,31-/m0/s1. The number of benzene rings is 2. The molecule has 2 heterocycles. The lowest BCUT2D eigenvalue weighted by Crippen LogP contribution is -2.68. The summed E-state index contributed by atoms with van der Waals surface area (Å²) in [6.45, 7) is 5.39. The zero-order chi connectivity index (χ0) is 31.1. The van der Waals surface area contributed by atoms with Gasteiger partial charge in [-0.15, -0.1) is 0 Å². The van der Waals surface area contributed by atoms with E-state index in [0.29, 0.717) is 37.3 Å². The van der Waals surface area contributed by atoms with E-state index in [0.717, 1.165) is 12.8 Å². The molecule has 0 radical (unpaired) electrons. The molecule has 238 valence electrons. The number of carbonyl (C=O) groups is 1. The van der Waals surface area contributed by atoms with Crippen molar-refractivity contribution in [3.63, 3.8) is 0 Å². The van der Waals surface area contributed by atoms with Crippen molar-refractivity contribution in [2.45, 2.75) is 81.4 Å². The third-order valence-electron chi connectivity index (χ3n) is 8.30. The zero-order valence-corrected chi connectivity index (χ0v) is 26.0. The van der Waals surface area contributed by atoms with Crippen LogP contribution in [0.5, 0.6) is 5.75 Å². The Hall–Kier alpha value is -2.74. The monoisotopic (exact) mass is 619 g/mol. The van der Waals surface area contributed by atoms with Crippen molar-refractivity contribution in [1.82, 2.24) is 10.0 Å². The Kier molecular flexibility index (Phi) is 11.1. The summed E-state index contributed by atoms with van der Waals surface area (Å²) in [6.07, 6.45) is -0.132. The molecule has 2 fully saturated rings. The van der Waals surface area contributed by atoms with Gasteiger partial charge in [0, 0.05) is 6.42 Å². The number of hydrogen-bond donors (Lipinski definition) is 4. The van der Waals surface area contributed by atoms with Crippen LogP contribution in [-0.2, 0) is 30.7 Å². The first kappa shape index (κ1) is 33.2. The summed E-state index contributed by atoms with van der Waals surface area (Å²) in [7, 11) is -2.77. The summed E-state index contributed by atoms with van der Waals surface area (Å²) in [5.41, 5.74) is 4.41. The van der Waals surface area contributed by atoms with E-state index >= 15 is 0 Å². The van der Waals surface area contributed by atoms with Gasteiger partial charge in [0.25, 0.3) is 0 Å². The predicted molar refractivity (Wildman–Crippen MR) is 161 cm³/mol. The molecule has 43 heavy (non-hydrogen) atoms. The van der Waals surface area contributed by atoms with Gasteiger partial charge in [0.05, 0.1) is 37.2 Å². The van der Waals surface area contributed by atoms with Gasteiger partial charge >= 0.3 is 6.09 Å². The first-order chi connectivity index (χ1) is 20.5. The highest BCUT2D eigenvalue weighted by Crippen LogP contribution is 2.34. The molecule has 2 aromatic carbocycles. The number of nitrogens with one attached hydrogen (secondary N) is 2. The minimum atomic E-state index is -4.26. The number of amides is 1. The van der Waals surface area contributed by atoms with Crippen LogP contribution < -0.4 is 20.5 Å². The number of rotatable bonds is 15. The molecule has 4 rings (SSSR count). The van der Waals surface area contributed by atoms with E-state index < -0.39 is 40.3 Å². The molecule has 0 unspecified atom stereocenters. The molecule has 12 heteroatoms. The number of aliphatic hydroxyl groups is 1. The van der Waals surface area contributed by atoms with E-state index in [2.05, 4.69) is 23.9 Å². The number of ether oxygens (including phenoxy) is 4. The fourth-order valence-electron chi connectivity index (χ4n) is 5.72. The van der Waals surface area contributed by atoms with E-state index in [1.165, 1.54) is 31.4 Å². The zero-order valence-electron chi connectivity index (χ0n) is 25.2. The topological polar surface area (TPSA) is 158 Å². The predicted octanol–water partition coefficient (Wildman–Crippen LogP) is 3.31. The summed E-state index contributed by atoms with van der Waals surface area (Å²) in [6, 6.07) is 15.0.